The lowest BCUT2D eigenvalue weighted by Gasteiger charge is -2.15. The van der Waals surface area contributed by atoms with Crippen LogP contribution in [-0.4, -0.2) is 49.0 Å². The lowest BCUT2D eigenvalue weighted by molar-refractivity contribution is 0.0780. The van der Waals surface area contributed by atoms with Crippen LogP contribution in [0.2, 0.25) is 0 Å². The summed E-state index contributed by atoms with van der Waals surface area (Å²) in [7, 11) is 0. The predicted octanol–water partition coefficient (Wildman–Crippen LogP) is 2.55. The van der Waals surface area contributed by atoms with Crippen molar-refractivity contribution in [3.8, 4) is 11.3 Å². The number of carbonyl (C=O) groups excluding carboxylic acids is 1. The molecule has 1 saturated heterocycles. The molecule has 4 heterocycles. The molecule has 0 spiro atoms. The van der Waals surface area contributed by atoms with Gasteiger partial charge in [0.1, 0.15) is 11.5 Å². The Balaban J connectivity index is 1.39. The van der Waals surface area contributed by atoms with Gasteiger partial charge in [-0.3, -0.25) is 19.7 Å². The summed E-state index contributed by atoms with van der Waals surface area (Å²) in [4.78, 5) is 31.9. The zero-order chi connectivity index (χ0) is 19.7. The first-order valence-electron chi connectivity index (χ1n) is 9.33. The molecule has 0 N–H and O–H groups in total. The molecule has 8 nitrogen and oxygen atoms in total. The molecule has 4 rings (SSSR count). The third-order valence-electron chi connectivity index (χ3n) is 5.07. The first-order chi connectivity index (χ1) is 13.5. The fourth-order valence-corrected chi connectivity index (χ4v) is 3.58. The summed E-state index contributed by atoms with van der Waals surface area (Å²) in [5.74, 6) is 1.04. The number of aromatic nitrogens is 5. The monoisotopic (exact) mass is 378 g/mol. The van der Waals surface area contributed by atoms with Crippen LogP contribution < -0.4 is 0 Å². The van der Waals surface area contributed by atoms with Gasteiger partial charge in [0.2, 0.25) is 0 Å². The van der Waals surface area contributed by atoms with Crippen LogP contribution in [0.1, 0.15) is 39.8 Å². The molecule has 8 heteroatoms. The number of rotatable bonds is 4. The number of likely N-dealkylation sites (tertiary alicyclic amines) is 1. The Morgan fingerprint density at radius 2 is 1.96 bits per heavy atom. The van der Waals surface area contributed by atoms with E-state index in [9.17, 15) is 4.79 Å². The second-order valence-electron chi connectivity index (χ2n) is 7.25. The van der Waals surface area contributed by atoms with Crippen molar-refractivity contribution >= 4 is 5.91 Å². The molecule has 0 radical (unpaired) electrons. The van der Waals surface area contributed by atoms with Crippen LogP contribution in [-0.2, 0) is 6.42 Å². The molecule has 0 aromatic carbocycles. The van der Waals surface area contributed by atoms with Gasteiger partial charge in [0.25, 0.3) is 5.91 Å². The highest BCUT2D eigenvalue weighted by atomic mass is 16.5. The van der Waals surface area contributed by atoms with Crippen molar-refractivity contribution in [1.82, 2.24) is 30.0 Å². The average molecular weight is 378 g/mol. The van der Waals surface area contributed by atoms with Gasteiger partial charge in [-0.25, -0.2) is 4.98 Å². The number of hydrogen-bond donors (Lipinski definition) is 0. The highest BCUT2D eigenvalue weighted by Crippen LogP contribution is 2.25. The van der Waals surface area contributed by atoms with Gasteiger partial charge >= 0.3 is 0 Å². The van der Waals surface area contributed by atoms with E-state index in [1.807, 2.05) is 25.7 Å². The van der Waals surface area contributed by atoms with Crippen molar-refractivity contribution in [2.45, 2.75) is 33.6 Å². The molecule has 0 aliphatic carbocycles. The van der Waals surface area contributed by atoms with Crippen LogP contribution in [0.3, 0.4) is 0 Å². The molecule has 3 aromatic heterocycles. The van der Waals surface area contributed by atoms with E-state index in [1.165, 1.54) is 0 Å². The maximum Gasteiger partial charge on any atom is 0.274 e. The average Bonchev–Trinajstić information content (AvgIpc) is 3.29. The summed E-state index contributed by atoms with van der Waals surface area (Å²) in [5, 5.41) is 3.96. The van der Waals surface area contributed by atoms with Crippen molar-refractivity contribution in [3.63, 3.8) is 0 Å². The van der Waals surface area contributed by atoms with Crippen molar-refractivity contribution < 1.29 is 9.32 Å². The van der Waals surface area contributed by atoms with Crippen LogP contribution in [0.5, 0.6) is 0 Å². The molecule has 1 aliphatic heterocycles. The number of aryl methyl sites for hydroxylation is 3. The van der Waals surface area contributed by atoms with Crippen molar-refractivity contribution in [3.05, 3.63) is 53.3 Å². The van der Waals surface area contributed by atoms with Crippen molar-refractivity contribution in [2.24, 2.45) is 5.92 Å². The molecular formula is C20H22N6O2. The van der Waals surface area contributed by atoms with Crippen LogP contribution >= 0.6 is 0 Å². The van der Waals surface area contributed by atoms with Gasteiger partial charge in [0, 0.05) is 25.5 Å². The Labute approximate surface area is 163 Å². The van der Waals surface area contributed by atoms with Gasteiger partial charge < -0.3 is 9.42 Å². The summed E-state index contributed by atoms with van der Waals surface area (Å²) < 4.78 is 5.20. The first kappa shape index (κ1) is 18.2. The van der Waals surface area contributed by atoms with Gasteiger partial charge in [-0.05, 0) is 39.5 Å². The first-order valence-corrected chi connectivity index (χ1v) is 9.33. The fourth-order valence-electron chi connectivity index (χ4n) is 3.58. The quantitative estimate of drug-likeness (QED) is 0.688. The van der Waals surface area contributed by atoms with Gasteiger partial charge in [-0.2, -0.15) is 0 Å². The fraction of sp³-hybridized carbons (Fsp3) is 0.400. The Morgan fingerprint density at radius 3 is 2.61 bits per heavy atom. The molecule has 1 atom stereocenters. The van der Waals surface area contributed by atoms with Crippen molar-refractivity contribution in [1.29, 1.82) is 0 Å². The summed E-state index contributed by atoms with van der Waals surface area (Å²) in [6, 6.07) is 0. The van der Waals surface area contributed by atoms with Gasteiger partial charge in [0.05, 0.1) is 40.7 Å². The number of nitrogens with zero attached hydrogens (tertiary/aromatic N) is 6. The van der Waals surface area contributed by atoms with E-state index in [-0.39, 0.29) is 5.91 Å². The third-order valence-corrected chi connectivity index (χ3v) is 5.07. The van der Waals surface area contributed by atoms with E-state index in [4.69, 9.17) is 4.52 Å². The summed E-state index contributed by atoms with van der Waals surface area (Å²) in [5.41, 5.74) is 4.59. The molecule has 0 saturated carbocycles. The molecule has 28 heavy (non-hydrogen) atoms. The Kier molecular flexibility index (Phi) is 4.85. The summed E-state index contributed by atoms with van der Waals surface area (Å²) >= 11 is 0. The van der Waals surface area contributed by atoms with Gasteiger partial charge in [-0.15, -0.1) is 0 Å². The molecule has 0 unspecified atom stereocenters. The second kappa shape index (κ2) is 7.46. The molecule has 3 aromatic rings. The van der Waals surface area contributed by atoms with E-state index in [1.54, 1.807) is 24.8 Å². The molecular weight excluding hydrogens is 356 g/mol. The summed E-state index contributed by atoms with van der Waals surface area (Å²) in [6.45, 7) is 7.04. The molecule has 1 amide bonds. The molecule has 1 fully saturated rings. The number of amides is 1. The molecule has 0 bridgehead atoms. The molecule has 144 valence electrons. The zero-order valence-electron chi connectivity index (χ0n) is 16.2. The van der Waals surface area contributed by atoms with Crippen molar-refractivity contribution in [2.75, 3.05) is 13.1 Å². The van der Waals surface area contributed by atoms with E-state index in [0.29, 0.717) is 18.2 Å². The van der Waals surface area contributed by atoms with Crippen LogP contribution in [0.25, 0.3) is 11.3 Å². The lowest BCUT2D eigenvalue weighted by atomic mass is 10.0. The van der Waals surface area contributed by atoms with E-state index in [2.05, 4.69) is 25.1 Å². The maximum atomic E-state index is 12.6. The Hall–Kier alpha value is -3.16. The highest BCUT2D eigenvalue weighted by Gasteiger charge is 2.28. The van der Waals surface area contributed by atoms with E-state index in [0.717, 1.165) is 53.5 Å². The molecule has 1 aliphatic rings. The maximum absolute atomic E-state index is 12.6. The topological polar surface area (TPSA) is 97.9 Å². The number of hydrogen-bond acceptors (Lipinski definition) is 7. The van der Waals surface area contributed by atoms with Gasteiger partial charge in [0.15, 0.2) is 0 Å². The number of carbonyl (C=O) groups is 1. The predicted molar refractivity (Wildman–Crippen MR) is 101 cm³/mol. The Morgan fingerprint density at radius 1 is 1.11 bits per heavy atom. The normalized spacial score (nSPS) is 16.5. The second-order valence-corrected chi connectivity index (χ2v) is 7.25. The van der Waals surface area contributed by atoms with E-state index < -0.39 is 0 Å². The van der Waals surface area contributed by atoms with Crippen LogP contribution in [0, 0.1) is 26.7 Å². The smallest absolute Gasteiger partial charge is 0.274 e. The third kappa shape index (κ3) is 3.62. The summed E-state index contributed by atoms with van der Waals surface area (Å²) in [6.07, 6.45) is 8.47. The minimum atomic E-state index is -0.0603. The standard InChI is InChI=1S/C20H22N6O2/c1-12-7-23-18(10-21-12)20(27)26-5-4-15(11-26)6-16-8-24-17(9-22-16)19-13(2)25-28-14(19)3/h7-10,15H,4-6,11H2,1-3H3/t15-/m0/s1. The minimum absolute atomic E-state index is 0.0603. The largest absolute Gasteiger partial charge is 0.361 e. The Bertz CT molecular complexity index is 961. The van der Waals surface area contributed by atoms with Crippen LogP contribution in [0.4, 0.5) is 0 Å². The minimum Gasteiger partial charge on any atom is -0.361 e. The zero-order valence-corrected chi connectivity index (χ0v) is 16.2. The van der Waals surface area contributed by atoms with Crippen LogP contribution in [0.15, 0.2) is 29.3 Å². The van der Waals surface area contributed by atoms with Gasteiger partial charge in [-0.1, -0.05) is 5.16 Å². The van der Waals surface area contributed by atoms with E-state index >= 15 is 0 Å². The highest BCUT2D eigenvalue weighted by molar-refractivity contribution is 5.92. The SMILES string of the molecule is Cc1cnc(C(=O)N2CC[C@@H](Cc3cnc(-c4c(C)noc4C)cn3)C2)cn1. The lowest BCUT2D eigenvalue weighted by Crippen LogP contribution is -2.29.